The normalized spacial score (nSPS) is 57.2. The van der Waals surface area contributed by atoms with E-state index in [4.69, 9.17) is 9.47 Å². The van der Waals surface area contributed by atoms with Gasteiger partial charge >= 0.3 is 0 Å². The van der Waals surface area contributed by atoms with Crippen LogP contribution in [0.4, 0.5) is 0 Å². The molecule has 3 rings (SSSR count). The molecule has 1 N–H and O–H groups in total. The largest absolute Gasteiger partial charge is 0.390 e. The zero-order valence-electron chi connectivity index (χ0n) is 6.98. The van der Waals surface area contributed by atoms with Gasteiger partial charge in [0.25, 0.3) is 0 Å². The van der Waals surface area contributed by atoms with Crippen LogP contribution >= 0.6 is 0 Å². The molecular formula is C9H14O3. The van der Waals surface area contributed by atoms with E-state index in [0.29, 0.717) is 24.5 Å². The zero-order chi connectivity index (χ0) is 8.13. The number of ether oxygens (including phenoxy) is 2. The number of hydrogen-bond donors (Lipinski definition) is 1. The molecule has 0 bridgehead atoms. The Bertz CT molecular complexity index is 194. The van der Waals surface area contributed by atoms with Crippen molar-refractivity contribution in [2.45, 2.75) is 31.2 Å². The fourth-order valence-corrected chi connectivity index (χ4v) is 3.06. The smallest absolute Gasteiger partial charge is 0.0830 e. The van der Waals surface area contributed by atoms with Crippen LogP contribution in [-0.2, 0) is 9.47 Å². The average Bonchev–Trinajstić information content (AvgIpc) is 2.61. The van der Waals surface area contributed by atoms with Crippen molar-refractivity contribution < 1.29 is 14.6 Å². The second-order valence-corrected chi connectivity index (χ2v) is 4.11. The van der Waals surface area contributed by atoms with Crippen molar-refractivity contribution in [1.82, 2.24) is 0 Å². The van der Waals surface area contributed by atoms with Crippen LogP contribution in [0.3, 0.4) is 0 Å². The maximum atomic E-state index is 9.67. The van der Waals surface area contributed by atoms with E-state index in [1.165, 1.54) is 0 Å². The molecule has 3 heteroatoms. The van der Waals surface area contributed by atoms with Gasteiger partial charge in [-0.15, -0.1) is 0 Å². The van der Waals surface area contributed by atoms with Crippen LogP contribution in [0.15, 0.2) is 0 Å². The van der Waals surface area contributed by atoms with Crippen LogP contribution < -0.4 is 0 Å². The highest BCUT2D eigenvalue weighted by Gasteiger charge is 2.53. The first-order valence-electron chi connectivity index (χ1n) is 4.77. The maximum Gasteiger partial charge on any atom is 0.0830 e. The average molecular weight is 170 g/mol. The molecule has 1 aliphatic carbocycles. The van der Waals surface area contributed by atoms with Crippen LogP contribution in [0.1, 0.15) is 12.8 Å². The van der Waals surface area contributed by atoms with Gasteiger partial charge in [0.2, 0.25) is 0 Å². The Balaban J connectivity index is 1.85. The molecule has 0 radical (unpaired) electrons. The molecule has 1 saturated carbocycles. The standard InChI is InChI=1S/C9H14O3/c10-6-4-12-8-3-7-5(9(6)8)1-2-11-7/h5-10H,1-4H2. The number of aliphatic hydroxyl groups excluding tert-OH is 1. The molecule has 12 heavy (non-hydrogen) atoms. The predicted octanol–water partition coefficient (Wildman–Crippen LogP) is 0.171. The lowest BCUT2D eigenvalue weighted by Gasteiger charge is -2.17. The fourth-order valence-electron chi connectivity index (χ4n) is 3.06. The van der Waals surface area contributed by atoms with Gasteiger partial charge in [0.15, 0.2) is 0 Å². The molecule has 0 spiro atoms. The molecule has 3 nitrogen and oxygen atoms in total. The molecule has 2 saturated heterocycles. The third-order valence-electron chi connectivity index (χ3n) is 3.57. The molecule has 5 unspecified atom stereocenters. The van der Waals surface area contributed by atoms with Crippen molar-refractivity contribution >= 4 is 0 Å². The molecule has 0 aromatic rings. The summed E-state index contributed by atoms with van der Waals surface area (Å²) < 4.78 is 11.1. The molecule has 0 amide bonds. The molecule has 3 aliphatic rings. The van der Waals surface area contributed by atoms with Gasteiger partial charge in [-0.2, -0.15) is 0 Å². The van der Waals surface area contributed by atoms with Crippen LogP contribution in [0, 0.1) is 11.8 Å². The SMILES string of the molecule is OC1COC2CC3OCCC3C12. The summed E-state index contributed by atoms with van der Waals surface area (Å²) in [5.74, 6) is 0.949. The van der Waals surface area contributed by atoms with E-state index in [1.807, 2.05) is 0 Å². The number of fused-ring (bicyclic) bond motifs is 3. The molecule has 0 aromatic carbocycles. The summed E-state index contributed by atoms with van der Waals surface area (Å²) in [6.07, 6.45) is 2.57. The Kier molecular flexibility index (Phi) is 1.48. The van der Waals surface area contributed by atoms with Crippen LogP contribution in [0.5, 0.6) is 0 Å². The van der Waals surface area contributed by atoms with E-state index >= 15 is 0 Å². The Morgan fingerprint density at radius 3 is 3.00 bits per heavy atom. The van der Waals surface area contributed by atoms with E-state index < -0.39 is 0 Å². The quantitative estimate of drug-likeness (QED) is 0.563. The summed E-state index contributed by atoms with van der Waals surface area (Å²) in [5, 5.41) is 9.67. The van der Waals surface area contributed by atoms with Crippen molar-refractivity contribution in [1.29, 1.82) is 0 Å². The lowest BCUT2D eigenvalue weighted by molar-refractivity contribution is 0.0413. The third-order valence-corrected chi connectivity index (χ3v) is 3.57. The first-order valence-corrected chi connectivity index (χ1v) is 4.77. The van der Waals surface area contributed by atoms with Crippen LogP contribution in [0.2, 0.25) is 0 Å². The molecule has 68 valence electrons. The first kappa shape index (κ1) is 7.30. The van der Waals surface area contributed by atoms with Gasteiger partial charge in [-0.3, -0.25) is 0 Å². The van der Waals surface area contributed by atoms with Crippen molar-refractivity contribution in [2.75, 3.05) is 13.2 Å². The predicted molar refractivity (Wildman–Crippen MR) is 41.7 cm³/mol. The Labute approximate surface area is 71.7 Å². The summed E-state index contributed by atoms with van der Waals surface area (Å²) >= 11 is 0. The summed E-state index contributed by atoms with van der Waals surface area (Å²) in [6, 6.07) is 0. The highest BCUT2D eigenvalue weighted by molar-refractivity contribution is 5.01. The topological polar surface area (TPSA) is 38.7 Å². The van der Waals surface area contributed by atoms with Crippen molar-refractivity contribution in [3.05, 3.63) is 0 Å². The Hall–Kier alpha value is -0.120. The number of rotatable bonds is 0. The van der Waals surface area contributed by atoms with Gasteiger partial charge in [-0.05, 0) is 12.3 Å². The van der Waals surface area contributed by atoms with Gasteiger partial charge in [0, 0.05) is 18.9 Å². The van der Waals surface area contributed by atoms with E-state index in [9.17, 15) is 5.11 Å². The molecule has 3 fully saturated rings. The Morgan fingerprint density at radius 2 is 2.08 bits per heavy atom. The summed E-state index contributed by atoms with van der Waals surface area (Å²) in [7, 11) is 0. The number of aliphatic hydroxyl groups is 1. The summed E-state index contributed by atoms with van der Waals surface area (Å²) in [5.41, 5.74) is 0. The van der Waals surface area contributed by atoms with E-state index in [0.717, 1.165) is 19.4 Å². The minimum Gasteiger partial charge on any atom is -0.390 e. The minimum atomic E-state index is -0.230. The van der Waals surface area contributed by atoms with Crippen molar-refractivity contribution in [3.8, 4) is 0 Å². The van der Waals surface area contributed by atoms with E-state index in [2.05, 4.69) is 0 Å². The van der Waals surface area contributed by atoms with Crippen molar-refractivity contribution in [2.24, 2.45) is 11.8 Å². The monoisotopic (exact) mass is 170 g/mol. The van der Waals surface area contributed by atoms with Crippen LogP contribution in [0.25, 0.3) is 0 Å². The van der Waals surface area contributed by atoms with E-state index in [1.54, 1.807) is 0 Å². The second-order valence-electron chi connectivity index (χ2n) is 4.11. The van der Waals surface area contributed by atoms with Crippen molar-refractivity contribution in [3.63, 3.8) is 0 Å². The molecule has 2 heterocycles. The summed E-state index contributed by atoms with van der Waals surface area (Å²) in [4.78, 5) is 0. The highest BCUT2D eigenvalue weighted by atomic mass is 16.5. The molecule has 5 atom stereocenters. The zero-order valence-corrected chi connectivity index (χ0v) is 6.98. The van der Waals surface area contributed by atoms with Crippen LogP contribution in [-0.4, -0.2) is 36.6 Å². The van der Waals surface area contributed by atoms with Gasteiger partial charge in [0.05, 0.1) is 24.9 Å². The lowest BCUT2D eigenvalue weighted by atomic mass is 9.89. The fraction of sp³-hybridized carbons (Fsp3) is 1.00. The summed E-state index contributed by atoms with van der Waals surface area (Å²) in [6.45, 7) is 1.42. The third kappa shape index (κ3) is 0.817. The second kappa shape index (κ2) is 2.44. The first-order chi connectivity index (χ1) is 5.86. The van der Waals surface area contributed by atoms with E-state index in [-0.39, 0.29) is 12.2 Å². The minimum absolute atomic E-state index is 0.230. The highest BCUT2D eigenvalue weighted by Crippen LogP contribution is 2.46. The maximum absolute atomic E-state index is 9.67. The molecular weight excluding hydrogens is 156 g/mol. The Morgan fingerprint density at radius 1 is 1.17 bits per heavy atom. The lowest BCUT2D eigenvalue weighted by Crippen LogP contribution is -2.26. The van der Waals surface area contributed by atoms with Gasteiger partial charge in [-0.25, -0.2) is 0 Å². The molecule has 2 aliphatic heterocycles. The van der Waals surface area contributed by atoms with Gasteiger partial charge < -0.3 is 14.6 Å². The van der Waals surface area contributed by atoms with Gasteiger partial charge in [-0.1, -0.05) is 0 Å². The number of hydrogen-bond acceptors (Lipinski definition) is 3. The molecule has 0 aromatic heterocycles. The van der Waals surface area contributed by atoms with Gasteiger partial charge in [0.1, 0.15) is 0 Å².